The summed E-state index contributed by atoms with van der Waals surface area (Å²) in [6, 6.07) is 2.26. The molecule has 0 aliphatic rings. The molecular weight excluding hydrogens is 382 g/mol. The normalized spacial score (nSPS) is 11.3. The van der Waals surface area contributed by atoms with Crippen molar-refractivity contribution in [2.75, 3.05) is 0 Å². The van der Waals surface area contributed by atoms with Gasteiger partial charge in [-0.25, -0.2) is 26.4 Å². The van der Waals surface area contributed by atoms with Gasteiger partial charge in [0.2, 0.25) is 0 Å². The van der Waals surface area contributed by atoms with Crippen molar-refractivity contribution < 1.29 is 83.5 Å². The molecule has 26 heavy (non-hydrogen) atoms. The summed E-state index contributed by atoms with van der Waals surface area (Å²) in [5.41, 5.74) is -1.52. The maximum Gasteiger partial charge on any atom is 1.00 e. The van der Waals surface area contributed by atoms with Crippen LogP contribution >= 0.6 is 0 Å². The molecule has 14 heteroatoms. The van der Waals surface area contributed by atoms with Gasteiger partial charge in [-0.1, -0.05) is 0 Å². The van der Waals surface area contributed by atoms with Crippen LogP contribution in [0.1, 0.15) is 20.7 Å². The summed E-state index contributed by atoms with van der Waals surface area (Å²) in [6.07, 6.45) is 0. The van der Waals surface area contributed by atoms with E-state index in [0.717, 1.165) is 0 Å². The minimum atomic E-state index is -5.29. The third kappa shape index (κ3) is 4.88. The van der Waals surface area contributed by atoms with Crippen LogP contribution in [0.3, 0.4) is 0 Å². The second-order valence-electron chi connectivity index (χ2n) is 4.56. The quantitative estimate of drug-likeness (QED) is 0.377. The monoisotopic (exact) mass is 388 g/mol. The molecule has 0 fully saturated rings. The van der Waals surface area contributed by atoms with Crippen molar-refractivity contribution in [1.82, 2.24) is 0 Å². The van der Waals surface area contributed by atoms with Crippen LogP contribution in [0, 0.1) is 0 Å². The van der Waals surface area contributed by atoms with Gasteiger partial charge in [0, 0.05) is 10.8 Å². The number of rotatable bonds is 4. The number of carboxylic acid groups (broad SMARTS) is 2. The van der Waals surface area contributed by atoms with E-state index in [9.17, 15) is 35.5 Å². The Morgan fingerprint density at radius 1 is 0.692 bits per heavy atom. The molecule has 2 aromatic carbocycles. The Bertz CT molecular complexity index is 1020. The Balaban J connectivity index is 0.00000312. The first-order valence-corrected chi connectivity index (χ1v) is 8.64. The van der Waals surface area contributed by atoms with Crippen molar-refractivity contribution in [3.63, 3.8) is 0 Å². The SMILES string of the molecule is O=C(O)c1cc(S(=O)(=O)[O-])c2cc(C(=O)O)cc(S(=O)(=O)[O-])c2c1.[Li+].[Li+]. The van der Waals surface area contributed by atoms with E-state index >= 15 is 0 Å². The van der Waals surface area contributed by atoms with Gasteiger partial charge < -0.3 is 19.3 Å². The average Bonchev–Trinajstić information content (AvgIpc) is 2.42. The molecule has 0 radical (unpaired) electrons. The van der Waals surface area contributed by atoms with Crippen molar-refractivity contribution in [3.8, 4) is 0 Å². The Hall–Kier alpha value is -1.35. The first kappa shape index (κ1) is 24.7. The molecule has 0 amide bonds. The van der Waals surface area contributed by atoms with Gasteiger partial charge >= 0.3 is 49.7 Å². The smallest absolute Gasteiger partial charge is 0.744 e. The fourth-order valence-electron chi connectivity index (χ4n) is 2.06. The number of fused-ring (bicyclic) bond motifs is 1. The molecule has 0 aliphatic carbocycles. The minimum absolute atomic E-state index is 0. The summed E-state index contributed by atoms with van der Waals surface area (Å²) in [7, 11) is -10.6. The van der Waals surface area contributed by atoms with Crippen LogP contribution < -0.4 is 37.7 Å². The van der Waals surface area contributed by atoms with Crippen molar-refractivity contribution in [1.29, 1.82) is 0 Å². The second-order valence-corrected chi connectivity index (χ2v) is 7.26. The van der Waals surface area contributed by atoms with Gasteiger partial charge in [0.15, 0.2) is 0 Å². The molecule has 2 rings (SSSR count). The largest absolute Gasteiger partial charge is 1.00 e. The molecular formula is C12H6Li2O10S2. The Kier molecular flexibility index (Phi) is 7.70. The number of carbonyl (C=O) groups is 2. The summed E-state index contributed by atoms with van der Waals surface area (Å²) >= 11 is 0. The van der Waals surface area contributed by atoms with Gasteiger partial charge in [-0.15, -0.1) is 0 Å². The van der Waals surface area contributed by atoms with Gasteiger partial charge in [0.05, 0.1) is 20.9 Å². The fourth-order valence-corrected chi connectivity index (χ4v) is 3.48. The van der Waals surface area contributed by atoms with E-state index in [4.69, 9.17) is 10.2 Å². The maximum absolute atomic E-state index is 11.3. The maximum atomic E-state index is 11.3. The van der Waals surface area contributed by atoms with Crippen LogP contribution in [0.25, 0.3) is 10.8 Å². The minimum Gasteiger partial charge on any atom is -0.744 e. The number of aromatic carboxylic acids is 2. The van der Waals surface area contributed by atoms with Gasteiger partial charge in [-0.3, -0.25) is 0 Å². The van der Waals surface area contributed by atoms with Crippen LogP contribution in [0.5, 0.6) is 0 Å². The van der Waals surface area contributed by atoms with Crippen LogP contribution in [0.4, 0.5) is 0 Å². The molecule has 0 aliphatic heterocycles. The zero-order valence-corrected chi connectivity index (χ0v) is 14.9. The third-order valence-electron chi connectivity index (χ3n) is 3.03. The second kappa shape index (κ2) is 8.13. The van der Waals surface area contributed by atoms with E-state index < -0.39 is 63.9 Å². The first-order valence-electron chi connectivity index (χ1n) is 5.82. The van der Waals surface area contributed by atoms with Crippen LogP contribution in [-0.2, 0) is 20.2 Å². The summed E-state index contributed by atoms with van der Waals surface area (Å²) in [6.45, 7) is 0. The molecule has 128 valence electrons. The van der Waals surface area contributed by atoms with E-state index in [1.807, 2.05) is 0 Å². The fraction of sp³-hybridized carbons (Fsp3) is 0. The topological polar surface area (TPSA) is 189 Å². The summed E-state index contributed by atoms with van der Waals surface area (Å²) < 4.78 is 68.0. The predicted molar refractivity (Wildman–Crippen MR) is 73.8 cm³/mol. The summed E-state index contributed by atoms with van der Waals surface area (Å²) in [5.74, 6) is -3.36. The van der Waals surface area contributed by atoms with Crippen molar-refractivity contribution >= 4 is 42.9 Å². The predicted octanol–water partition coefficient (Wildman–Crippen LogP) is -5.95. The zero-order valence-electron chi connectivity index (χ0n) is 13.3. The van der Waals surface area contributed by atoms with E-state index in [1.165, 1.54) is 0 Å². The molecule has 0 bridgehead atoms. The molecule has 0 saturated heterocycles. The number of benzene rings is 2. The van der Waals surface area contributed by atoms with E-state index in [0.29, 0.717) is 24.3 Å². The molecule has 0 unspecified atom stereocenters. The molecule has 0 heterocycles. The summed E-state index contributed by atoms with van der Waals surface area (Å²) in [5, 5.41) is 16.6. The molecule has 0 aromatic heterocycles. The van der Waals surface area contributed by atoms with E-state index in [2.05, 4.69) is 0 Å². The van der Waals surface area contributed by atoms with Crippen molar-refractivity contribution in [2.45, 2.75) is 9.79 Å². The number of carboxylic acids is 2. The van der Waals surface area contributed by atoms with Gasteiger partial charge in [-0.05, 0) is 24.3 Å². The van der Waals surface area contributed by atoms with Crippen molar-refractivity contribution in [2.24, 2.45) is 0 Å². The Labute approximate surface area is 171 Å². The average molecular weight is 388 g/mol. The van der Waals surface area contributed by atoms with Crippen LogP contribution in [-0.4, -0.2) is 48.1 Å². The molecule has 2 N–H and O–H groups in total. The molecule has 10 nitrogen and oxygen atoms in total. The van der Waals surface area contributed by atoms with E-state index in [1.54, 1.807) is 0 Å². The van der Waals surface area contributed by atoms with Gasteiger partial charge in [0.1, 0.15) is 20.2 Å². The molecule has 2 aromatic rings. The van der Waals surface area contributed by atoms with Crippen molar-refractivity contribution in [3.05, 3.63) is 35.4 Å². The molecule has 0 atom stereocenters. The Morgan fingerprint density at radius 2 is 0.962 bits per heavy atom. The Morgan fingerprint density at radius 3 is 1.15 bits per heavy atom. The van der Waals surface area contributed by atoms with Crippen LogP contribution in [0.15, 0.2) is 34.1 Å². The van der Waals surface area contributed by atoms with Crippen LogP contribution in [0.2, 0.25) is 0 Å². The first-order chi connectivity index (χ1) is 10.8. The number of hydrogen-bond acceptors (Lipinski definition) is 8. The molecule has 0 saturated carbocycles. The van der Waals surface area contributed by atoms with Gasteiger partial charge in [-0.2, -0.15) is 0 Å². The molecule has 0 spiro atoms. The summed E-state index contributed by atoms with van der Waals surface area (Å²) in [4.78, 5) is 19.8. The van der Waals surface area contributed by atoms with E-state index in [-0.39, 0.29) is 37.7 Å². The standard InChI is InChI=1S/C12H8O10S2.2Li/c13-11(14)5-1-7-8(10(3-5)24(20,21)22)2-6(12(15)16)4-9(7)23(17,18)19;;/h1-4H,(H,13,14)(H,15,16)(H,17,18,19)(H,20,21,22);;/q;2*+1/p-2. The third-order valence-corrected chi connectivity index (χ3v) is 4.78. The number of hydrogen-bond donors (Lipinski definition) is 2. The zero-order chi connectivity index (χ0) is 18.4. The van der Waals surface area contributed by atoms with Gasteiger partial charge in [0.25, 0.3) is 0 Å².